The number of carbonyl (C=O) groups excluding carboxylic acids is 2. The van der Waals surface area contributed by atoms with Gasteiger partial charge in [-0.2, -0.15) is 4.31 Å². The fourth-order valence-electron chi connectivity index (χ4n) is 4.37. The van der Waals surface area contributed by atoms with E-state index in [4.69, 9.17) is 0 Å². The van der Waals surface area contributed by atoms with Crippen LogP contribution in [0.2, 0.25) is 0 Å². The van der Waals surface area contributed by atoms with E-state index in [0.29, 0.717) is 18.9 Å². The maximum Gasteiger partial charge on any atom is 0.322 e. The quantitative estimate of drug-likeness (QED) is 0.640. The average Bonchev–Trinajstić information content (AvgIpc) is 3.59. The van der Waals surface area contributed by atoms with Crippen LogP contribution >= 0.6 is 0 Å². The summed E-state index contributed by atoms with van der Waals surface area (Å²) in [5.41, 5.74) is 2.56. The van der Waals surface area contributed by atoms with Crippen LogP contribution in [0.4, 0.5) is 4.79 Å². The number of hydrogen-bond donors (Lipinski definition) is 2. The minimum Gasteiger partial charge on any atom is -0.322 e. The van der Waals surface area contributed by atoms with Crippen molar-refractivity contribution in [3.05, 3.63) is 47.5 Å². The summed E-state index contributed by atoms with van der Waals surface area (Å²) in [7, 11) is -3.77. The molecule has 3 aliphatic rings. The van der Waals surface area contributed by atoms with Crippen LogP contribution in [0.3, 0.4) is 0 Å². The van der Waals surface area contributed by atoms with Gasteiger partial charge in [-0.1, -0.05) is 25.1 Å². The van der Waals surface area contributed by atoms with Crippen molar-refractivity contribution in [2.45, 2.75) is 50.6 Å². The highest BCUT2D eigenvalue weighted by Crippen LogP contribution is 2.38. The lowest BCUT2D eigenvalue weighted by atomic mass is 9.96. The molecule has 32 heavy (non-hydrogen) atoms. The van der Waals surface area contributed by atoms with Crippen molar-refractivity contribution in [3.63, 3.8) is 0 Å². The Labute approximate surface area is 186 Å². The summed E-state index contributed by atoms with van der Waals surface area (Å²) < 4.78 is 27.7. The lowest BCUT2D eigenvalue weighted by Gasteiger charge is -2.32. The first-order valence-electron chi connectivity index (χ1n) is 10.9. The average molecular weight is 456 g/mol. The molecule has 1 aromatic carbocycles. The number of sulfonamides is 1. The summed E-state index contributed by atoms with van der Waals surface area (Å²) in [5, 5.41) is 4.66. The van der Waals surface area contributed by atoms with Gasteiger partial charge in [-0.05, 0) is 42.4 Å². The molecule has 0 radical (unpaired) electrons. The smallest absolute Gasteiger partial charge is 0.322 e. The molecule has 1 aromatic heterocycles. The number of benzene rings is 1. The standard InChI is InChI=1S/C22H25N5O4S/c1-2-22(20(28)25-21(29)26-22)13-32(30,31)27-8-7-16-9-15(5-6-17(16)12-27)18-10-23-19(24-11-18)14-3-4-14/h5-6,9-11,14H,2-4,7-8,12-13H2,1H3,(H2,25,26,28,29)/t22-/m1/s1. The van der Waals surface area contributed by atoms with Crippen LogP contribution in [0.1, 0.15) is 49.1 Å². The number of carbonyl (C=O) groups is 2. The summed E-state index contributed by atoms with van der Waals surface area (Å²) in [6.45, 7) is 2.25. The molecule has 1 saturated heterocycles. The third-order valence-electron chi connectivity index (χ3n) is 6.57. The molecule has 1 aliphatic carbocycles. The van der Waals surface area contributed by atoms with E-state index in [0.717, 1.165) is 40.9 Å². The number of aromatic nitrogens is 2. The minimum atomic E-state index is -3.77. The first-order valence-corrected chi connectivity index (χ1v) is 12.5. The number of nitrogens with zero attached hydrogens (tertiary/aromatic N) is 3. The molecule has 3 heterocycles. The highest BCUT2D eigenvalue weighted by molar-refractivity contribution is 7.89. The van der Waals surface area contributed by atoms with Gasteiger partial charge in [0.15, 0.2) is 0 Å². The summed E-state index contributed by atoms with van der Waals surface area (Å²) in [4.78, 5) is 32.8. The van der Waals surface area contributed by atoms with Crippen LogP contribution in [-0.2, 0) is 27.8 Å². The predicted molar refractivity (Wildman–Crippen MR) is 117 cm³/mol. The van der Waals surface area contributed by atoms with Gasteiger partial charge in [0.25, 0.3) is 5.91 Å². The van der Waals surface area contributed by atoms with Crippen molar-refractivity contribution in [1.82, 2.24) is 24.9 Å². The summed E-state index contributed by atoms with van der Waals surface area (Å²) in [6.07, 6.45) is 6.79. The Morgan fingerprint density at radius 1 is 1.12 bits per heavy atom. The zero-order valence-corrected chi connectivity index (χ0v) is 18.6. The SMILES string of the molecule is CC[C@]1(CS(=O)(=O)N2CCc3cc(-c4cnc(C5CC5)nc4)ccc3C2)NC(=O)NC1=O. The van der Waals surface area contributed by atoms with Gasteiger partial charge < -0.3 is 5.32 Å². The zero-order valence-electron chi connectivity index (χ0n) is 17.8. The topological polar surface area (TPSA) is 121 Å². The van der Waals surface area contributed by atoms with E-state index >= 15 is 0 Å². The molecule has 2 aliphatic heterocycles. The molecule has 2 fully saturated rings. The van der Waals surface area contributed by atoms with Crippen molar-refractivity contribution in [2.75, 3.05) is 12.3 Å². The van der Waals surface area contributed by atoms with E-state index in [1.54, 1.807) is 6.92 Å². The van der Waals surface area contributed by atoms with Crippen molar-refractivity contribution in [2.24, 2.45) is 0 Å². The second-order valence-electron chi connectivity index (χ2n) is 8.77. The molecule has 1 saturated carbocycles. The molecule has 0 bridgehead atoms. The summed E-state index contributed by atoms with van der Waals surface area (Å²) in [5.74, 6) is 0.373. The maximum atomic E-state index is 13.1. The Hall–Kier alpha value is -2.85. The third kappa shape index (κ3) is 3.77. The van der Waals surface area contributed by atoms with Crippen molar-refractivity contribution in [1.29, 1.82) is 0 Å². The van der Waals surface area contributed by atoms with Crippen LogP contribution in [0.5, 0.6) is 0 Å². The molecule has 0 spiro atoms. The molecule has 168 valence electrons. The van der Waals surface area contributed by atoms with E-state index in [1.807, 2.05) is 24.5 Å². The van der Waals surface area contributed by atoms with E-state index in [2.05, 4.69) is 26.7 Å². The van der Waals surface area contributed by atoms with E-state index in [9.17, 15) is 18.0 Å². The first kappa shape index (κ1) is 21.0. The molecule has 3 amide bonds. The Bertz CT molecular complexity index is 1190. The highest BCUT2D eigenvalue weighted by Gasteiger charge is 2.49. The van der Waals surface area contributed by atoms with Crippen molar-refractivity contribution >= 4 is 22.0 Å². The molecule has 9 nitrogen and oxygen atoms in total. The fourth-order valence-corrected chi connectivity index (χ4v) is 6.28. The zero-order chi connectivity index (χ0) is 22.5. The van der Waals surface area contributed by atoms with Crippen LogP contribution in [-0.4, -0.2) is 52.5 Å². The van der Waals surface area contributed by atoms with E-state index < -0.39 is 33.3 Å². The second kappa shape index (κ2) is 7.63. The Balaban J connectivity index is 1.33. The predicted octanol–water partition coefficient (Wildman–Crippen LogP) is 1.70. The molecule has 10 heteroatoms. The molecule has 2 aromatic rings. The van der Waals surface area contributed by atoms with Crippen molar-refractivity contribution in [3.8, 4) is 11.1 Å². The monoisotopic (exact) mass is 455 g/mol. The largest absolute Gasteiger partial charge is 0.322 e. The first-order chi connectivity index (χ1) is 15.3. The van der Waals surface area contributed by atoms with Crippen LogP contribution < -0.4 is 10.6 Å². The van der Waals surface area contributed by atoms with Crippen LogP contribution in [0, 0.1) is 0 Å². The number of rotatable bonds is 6. The third-order valence-corrected chi connectivity index (χ3v) is 8.53. The maximum absolute atomic E-state index is 13.1. The van der Waals surface area contributed by atoms with Gasteiger partial charge in [0, 0.05) is 37.0 Å². The van der Waals surface area contributed by atoms with Gasteiger partial charge in [-0.3, -0.25) is 10.1 Å². The Morgan fingerprint density at radius 3 is 2.50 bits per heavy atom. The van der Waals surface area contributed by atoms with Gasteiger partial charge in [-0.25, -0.2) is 23.2 Å². The van der Waals surface area contributed by atoms with E-state index in [1.165, 1.54) is 4.31 Å². The summed E-state index contributed by atoms with van der Waals surface area (Å²) >= 11 is 0. The number of fused-ring (bicyclic) bond motifs is 1. The van der Waals surface area contributed by atoms with Gasteiger partial charge in [-0.15, -0.1) is 0 Å². The second-order valence-corrected chi connectivity index (χ2v) is 10.7. The summed E-state index contributed by atoms with van der Waals surface area (Å²) in [6, 6.07) is 5.33. The Kier molecular flexibility index (Phi) is 5.01. The van der Waals surface area contributed by atoms with Gasteiger partial charge in [0.2, 0.25) is 10.0 Å². The molecular weight excluding hydrogens is 430 g/mol. The fraction of sp³-hybridized carbons (Fsp3) is 0.455. The number of imide groups is 1. The molecule has 0 unspecified atom stereocenters. The van der Waals surface area contributed by atoms with Gasteiger partial charge >= 0.3 is 6.03 Å². The molecule has 1 atom stereocenters. The van der Waals surface area contributed by atoms with Gasteiger partial charge in [0.1, 0.15) is 11.4 Å². The number of amides is 3. The van der Waals surface area contributed by atoms with Crippen LogP contribution in [0.25, 0.3) is 11.1 Å². The lowest BCUT2D eigenvalue weighted by Crippen LogP contribution is -2.54. The number of hydrogen-bond acceptors (Lipinski definition) is 6. The van der Waals surface area contributed by atoms with Crippen molar-refractivity contribution < 1.29 is 18.0 Å². The molecule has 2 N–H and O–H groups in total. The van der Waals surface area contributed by atoms with Crippen LogP contribution in [0.15, 0.2) is 30.6 Å². The number of urea groups is 1. The Morgan fingerprint density at radius 2 is 1.88 bits per heavy atom. The van der Waals surface area contributed by atoms with E-state index in [-0.39, 0.29) is 13.0 Å². The molecular formula is C22H25N5O4S. The minimum absolute atomic E-state index is 0.194. The molecule has 5 rings (SSSR count). The lowest BCUT2D eigenvalue weighted by molar-refractivity contribution is -0.123. The highest BCUT2D eigenvalue weighted by atomic mass is 32.2. The van der Waals surface area contributed by atoms with Gasteiger partial charge in [0.05, 0.1) is 5.75 Å². The normalized spacial score (nSPS) is 23.5. The number of nitrogens with one attached hydrogen (secondary N) is 2.